The van der Waals surface area contributed by atoms with Crippen molar-refractivity contribution in [2.24, 2.45) is 5.92 Å². The second kappa shape index (κ2) is 14.1. The van der Waals surface area contributed by atoms with Gasteiger partial charge in [-0.25, -0.2) is 22.4 Å². The number of fused-ring (bicyclic) bond motifs is 3. The topological polar surface area (TPSA) is 181 Å². The summed E-state index contributed by atoms with van der Waals surface area (Å²) in [5.41, 5.74) is -4.94. The molecular weight excluding hydrogens is 685 g/mol. The highest BCUT2D eigenvalue weighted by Crippen LogP contribution is 2.46. The number of halogens is 1. The summed E-state index contributed by atoms with van der Waals surface area (Å²) < 4.78 is 123. The van der Waals surface area contributed by atoms with Crippen molar-refractivity contribution < 1.29 is 58.6 Å². The summed E-state index contributed by atoms with van der Waals surface area (Å²) in [6.07, 6.45) is 1.27. The Bertz CT molecular complexity index is 2010. The largest absolute Gasteiger partial charge is 0.444 e. The Hall–Kier alpha value is -4.21. The van der Waals surface area contributed by atoms with Crippen LogP contribution < -0.4 is 15.4 Å². The number of alkyl carbamates (subject to hydrolysis) is 1. The van der Waals surface area contributed by atoms with Crippen molar-refractivity contribution in [3.8, 4) is 0 Å². The van der Waals surface area contributed by atoms with Crippen LogP contribution in [0.1, 0.15) is 102 Å². The molecular formula is C35H46FN5O9S. The fourth-order valence-corrected chi connectivity index (χ4v) is 8.25. The molecule has 1 aromatic carbocycles. The lowest BCUT2D eigenvalue weighted by Gasteiger charge is -2.30. The first-order chi connectivity index (χ1) is 27.8. The van der Waals surface area contributed by atoms with E-state index in [2.05, 4.69) is 15.4 Å². The van der Waals surface area contributed by atoms with Crippen LogP contribution in [0.15, 0.2) is 30.4 Å². The highest BCUT2D eigenvalue weighted by Gasteiger charge is 2.62. The molecule has 16 heteroatoms. The third kappa shape index (κ3) is 8.31. The summed E-state index contributed by atoms with van der Waals surface area (Å²) in [5, 5.41) is 4.01. The van der Waals surface area contributed by atoms with Crippen molar-refractivity contribution >= 4 is 39.9 Å². The van der Waals surface area contributed by atoms with Gasteiger partial charge in [0.25, 0.3) is 5.91 Å². The number of carbonyl (C=O) groups is 5. The first-order valence-corrected chi connectivity index (χ1v) is 18.4. The number of allylic oxidation sites excluding steroid dienone is 1. The molecule has 3 N–H and O–H groups in total. The maximum absolute atomic E-state index is 14.5. The van der Waals surface area contributed by atoms with Crippen molar-refractivity contribution in [1.82, 2.24) is 25.2 Å². The molecule has 5 aliphatic rings. The molecule has 0 unspecified atom stereocenters. The Balaban J connectivity index is 1.30. The Morgan fingerprint density at radius 2 is 1.88 bits per heavy atom. The number of ether oxygens (including phenoxy) is 2. The first-order valence-electron chi connectivity index (χ1n) is 21.4. The molecule has 1 aromatic rings. The van der Waals surface area contributed by atoms with Gasteiger partial charge < -0.3 is 25.0 Å². The van der Waals surface area contributed by atoms with Gasteiger partial charge in [0, 0.05) is 36.8 Å². The fourth-order valence-electron chi connectivity index (χ4n) is 6.89. The lowest BCUT2D eigenvalue weighted by molar-refractivity contribution is -0.141. The molecule has 2 aliphatic carbocycles. The Morgan fingerprint density at radius 3 is 2.61 bits per heavy atom. The van der Waals surface area contributed by atoms with Gasteiger partial charge in [-0.05, 0) is 70.7 Å². The zero-order valence-corrected chi connectivity index (χ0v) is 28.4. The molecule has 0 aromatic heterocycles. The van der Waals surface area contributed by atoms with Crippen LogP contribution in [0.25, 0.3) is 0 Å². The van der Waals surface area contributed by atoms with Gasteiger partial charge in [-0.15, -0.1) is 0 Å². The average Bonchev–Trinajstić information content (AvgIpc) is 4.01. The van der Waals surface area contributed by atoms with Crippen LogP contribution in [-0.4, -0.2) is 89.2 Å². The molecule has 5 amide bonds. The molecule has 0 radical (unpaired) electrons. The van der Waals surface area contributed by atoms with Crippen molar-refractivity contribution in [3.05, 3.63) is 47.3 Å². The molecule has 3 aliphatic heterocycles. The van der Waals surface area contributed by atoms with E-state index in [4.69, 9.17) is 21.8 Å². The molecule has 14 nitrogen and oxygen atoms in total. The minimum absolute atomic E-state index is 0.000156. The zero-order chi connectivity index (χ0) is 44.2. The molecule has 0 spiro atoms. The number of carbonyl (C=O) groups excluding carboxylic acids is 5. The number of amides is 5. The molecule has 6 rings (SSSR count). The van der Waals surface area contributed by atoms with E-state index in [1.165, 1.54) is 17.0 Å². The van der Waals surface area contributed by atoms with E-state index in [1.807, 2.05) is 0 Å². The second-order valence-electron chi connectivity index (χ2n) is 13.8. The van der Waals surface area contributed by atoms with Crippen molar-refractivity contribution in [1.29, 1.82) is 0 Å². The monoisotopic (exact) mass is 740 g/mol. The van der Waals surface area contributed by atoms with Crippen LogP contribution in [0, 0.1) is 11.7 Å². The lowest BCUT2D eigenvalue weighted by atomic mass is 10.0. The van der Waals surface area contributed by atoms with E-state index in [9.17, 15) is 36.8 Å². The van der Waals surface area contributed by atoms with E-state index in [0.29, 0.717) is 37.7 Å². The van der Waals surface area contributed by atoms with Crippen molar-refractivity contribution in [2.75, 3.05) is 6.54 Å². The third-order valence-electron chi connectivity index (χ3n) is 9.83. The summed E-state index contributed by atoms with van der Waals surface area (Å²) in [5.74, 6) is -4.10. The van der Waals surface area contributed by atoms with Crippen LogP contribution in [0.4, 0.5) is 14.0 Å². The predicted molar refractivity (Wildman–Crippen MR) is 180 cm³/mol. The number of hydrogen-bond donors (Lipinski definition) is 3. The standard InChI is InChI=1S/C35H46FN5O9S/c1-34(2,3)50-32(45)37-27-13-8-6-4-5-7-11-22-17-35(22,31(44)39-51(47,48)24-14-15-24)38-29(42)28-16-23(19-41(28)30(27)43)49-33(46)40-18-21-10-9-12-26(36)25(21)20-40/h7,9-12,22-24,27-28H,4-6,8,13-20H2,1-3H3,(H,37,45)(H,38,42)(H,39,44)/b11-7-/t22-,23-,27+,28+,35-/m1/s1/i1D3,2D3,3D3. The fraction of sp³-hybridized carbons (Fsp3) is 0.629. The summed E-state index contributed by atoms with van der Waals surface area (Å²) in [6.45, 7) is -12.4. The number of benzene rings is 1. The summed E-state index contributed by atoms with van der Waals surface area (Å²) in [6, 6.07) is 1.15. The van der Waals surface area contributed by atoms with Gasteiger partial charge in [0.1, 0.15) is 35.1 Å². The van der Waals surface area contributed by atoms with Gasteiger partial charge in [-0.2, -0.15) is 0 Å². The summed E-state index contributed by atoms with van der Waals surface area (Å²) in [7, 11) is -4.05. The van der Waals surface area contributed by atoms with E-state index in [1.54, 1.807) is 18.2 Å². The zero-order valence-electron chi connectivity index (χ0n) is 36.6. The number of nitrogens with one attached hydrogen (secondary N) is 3. The third-order valence-corrected chi connectivity index (χ3v) is 11.7. The van der Waals surface area contributed by atoms with E-state index >= 15 is 0 Å². The quantitative estimate of drug-likeness (QED) is 0.383. The van der Waals surface area contributed by atoms with Gasteiger partial charge in [0.05, 0.1) is 18.3 Å². The van der Waals surface area contributed by atoms with Crippen molar-refractivity contribution in [2.45, 2.75) is 126 Å². The van der Waals surface area contributed by atoms with Gasteiger partial charge in [-0.3, -0.25) is 24.0 Å². The molecule has 2 saturated carbocycles. The molecule has 3 heterocycles. The highest BCUT2D eigenvalue weighted by molar-refractivity contribution is 7.91. The van der Waals surface area contributed by atoms with E-state index in [0.717, 1.165) is 4.90 Å². The smallest absolute Gasteiger partial charge is 0.410 e. The Kier molecular flexibility index (Phi) is 7.33. The van der Waals surface area contributed by atoms with E-state index < -0.39 is 113 Å². The van der Waals surface area contributed by atoms with Crippen molar-refractivity contribution in [3.63, 3.8) is 0 Å². The highest BCUT2D eigenvalue weighted by atomic mass is 32.2. The van der Waals surface area contributed by atoms with Crippen LogP contribution in [-0.2, 0) is 47.0 Å². The molecule has 278 valence electrons. The van der Waals surface area contributed by atoms with Gasteiger partial charge >= 0.3 is 12.2 Å². The molecule has 5 atom stereocenters. The number of sulfonamides is 1. The lowest BCUT2D eigenvalue weighted by Crippen LogP contribution is -2.58. The number of rotatable bonds is 5. The molecule has 3 fully saturated rings. The molecule has 1 saturated heterocycles. The van der Waals surface area contributed by atoms with Gasteiger partial charge in [0.2, 0.25) is 21.8 Å². The SMILES string of the molecule is [2H]C([2H])([2H])C(OC(=O)N[C@H]1CCCCC/C=C\[C@@H]2C[C@@]2(C(=O)NS(=O)(=O)C2CC2)NC(=O)[C@@H]2C[C@@H](OC(=O)N3Cc4cccc(F)c4C3)CN2C1=O)(C([2H])([2H])[2H])C([2H])([2H])[2H]. The number of nitrogens with zero attached hydrogens (tertiary/aromatic N) is 2. The molecule has 0 bridgehead atoms. The minimum atomic E-state index is -4.05. The van der Waals surface area contributed by atoms with Crippen LogP contribution in [0.3, 0.4) is 0 Å². The first kappa shape index (κ1) is 26.5. The summed E-state index contributed by atoms with van der Waals surface area (Å²) >= 11 is 0. The Labute approximate surface area is 309 Å². The van der Waals surface area contributed by atoms with Crippen LogP contribution in [0.2, 0.25) is 0 Å². The molecule has 51 heavy (non-hydrogen) atoms. The normalized spacial score (nSPS) is 32.3. The summed E-state index contributed by atoms with van der Waals surface area (Å²) in [4.78, 5) is 71.5. The van der Waals surface area contributed by atoms with Gasteiger partial charge in [-0.1, -0.05) is 37.1 Å². The predicted octanol–water partition coefficient (Wildman–Crippen LogP) is 3.14. The van der Waals surface area contributed by atoms with Gasteiger partial charge in [0.15, 0.2) is 0 Å². The maximum Gasteiger partial charge on any atom is 0.410 e. The minimum Gasteiger partial charge on any atom is -0.444 e. The maximum atomic E-state index is 14.5. The Morgan fingerprint density at radius 1 is 1.10 bits per heavy atom. The van der Waals surface area contributed by atoms with E-state index in [-0.39, 0.29) is 44.3 Å². The van der Waals surface area contributed by atoms with Crippen LogP contribution >= 0.6 is 0 Å². The second-order valence-corrected chi connectivity index (χ2v) is 15.7. The average molecular weight is 741 g/mol. The van der Waals surface area contributed by atoms with Crippen LogP contribution in [0.5, 0.6) is 0 Å². The number of hydrogen-bond acceptors (Lipinski definition) is 9.